The van der Waals surface area contributed by atoms with Gasteiger partial charge in [-0.3, -0.25) is 9.78 Å². The van der Waals surface area contributed by atoms with E-state index in [1.807, 2.05) is 52.0 Å². The normalized spacial score (nSPS) is 12.6. The van der Waals surface area contributed by atoms with Crippen LogP contribution < -0.4 is 16.6 Å². The summed E-state index contributed by atoms with van der Waals surface area (Å²) in [6, 6.07) is 7.52. The maximum Gasteiger partial charge on any atom is 0.312 e. The molecule has 0 fully saturated rings. The minimum absolute atomic E-state index is 0.178. The molecule has 1 heterocycles. The van der Waals surface area contributed by atoms with Crippen LogP contribution in [0.4, 0.5) is 11.4 Å². The van der Waals surface area contributed by atoms with Crippen LogP contribution in [-0.4, -0.2) is 30.2 Å². The first-order valence-electron chi connectivity index (χ1n) is 9.09. The molecule has 1 unspecified atom stereocenters. The number of nitrogen functional groups attached to an aromatic ring is 1. The number of ether oxygens (including phenoxy) is 1. The van der Waals surface area contributed by atoms with E-state index in [0.717, 1.165) is 16.7 Å². The first-order valence-corrected chi connectivity index (χ1v) is 9.09. The second-order valence-corrected chi connectivity index (χ2v) is 7.63. The molecular formula is C21H30N4O3. The number of nitrogens with two attached hydrogens (primary N) is 2. The quantitative estimate of drug-likeness (QED) is 0.302. The Hall–Kier alpha value is -2.64. The lowest BCUT2D eigenvalue weighted by molar-refractivity contribution is -0.151. The number of hydrogen-bond donors (Lipinski definition) is 3. The molecule has 0 aliphatic rings. The third kappa shape index (κ3) is 3.81. The molecule has 7 nitrogen and oxygen atoms in total. The van der Waals surface area contributed by atoms with Crippen LogP contribution in [0.5, 0.6) is 0 Å². The van der Waals surface area contributed by atoms with Crippen molar-refractivity contribution in [2.45, 2.75) is 40.2 Å². The molecule has 2 aromatic rings. The van der Waals surface area contributed by atoms with E-state index in [1.165, 1.54) is 12.1 Å². The molecule has 1 aromatic heterocycles. The molecule has 0 saturated carbocycles. The van der Waals surface area contributed by atoms with E-state index in [-0.39, 0.29) is 12.6 Å². The zero-order valence-corrected chi connectivity index (χ0v) is 17.4. The fourth-order valence-electron chi connectivity index (χ4n) is 3.56. The summed E-state index contributed by atoms with van der Waals surface area (Å²) in [4.78, 5) is 17.3. The Morgan fingerprint density at radius 1 is 1.29 bits per heavy atom. The summed E-state index contributed by atoms with van der Waals surface area (Å²) in [5, 5.41) is 11.1. The van der Waals surface area contributed by atoms with E-state index in [1.54, 1.807) is 7.05 Å². The number of benzene rings is 1. The number of carbonyl (C=O) groups excluding carboxylic acids is 1. The van der Waals surface area contributed by atoms with Crippen molar-refractivity contribution < 1.29 is 14.6 Å². The Labute approximate surface area is 166 Å². The number of carbonyl (C=O) groups is 1. The van der Waals surface area contributed by atoms with Crippen molar-refractivity contribution in [1.29, 1.82) is 0 Å². The molecule has 0 aliphatic heterocycles. The number of aliphatic hydroxyl groups excluding tert-OH is 1. The molecule has 0 amide bonds. The lowest BCUT2D eigenvalue weighted by atomic mass is 9.71. The van der Waals surface area contributed by atoms with Gasteiger partial charge in [0.15, 0.2) is 0 Å². The van der Waals surface area contributed by atoms with Gasteiger partial charge >= 0.3 is 5.97 Å². The van der Waals surface area contributed by atoms with Gasteiger partial charge in [0.2, 0.25) is 0 Å². The molecule has 0 spiro atoms. The summed E-state index contributed by atoms with van der Waals surface area (Å²) >= 11 is 0. The number of aliphatic hydroxyl groups is 1. The maximum absolute atomic E-state index is 12.7. The average Bonchev–Trinajstić information content (AvgIpc) is 2.65. The molecule has 1 aromatic carbocycles. The van der Waals surface area contributed by atoms with Crippen LogP contribution in [0.3, 0.4) is 0 Å². The number of nitrogens with zero attached hydrogens (tertiary/aromatic N) is 2. The Kier molecular flexibility index (Phi) is 6.31. The monoisotopic (exact) mass is 386 g/mol. The van der Waals surface area contributed by atoms with Crippen LogP contribution in [0.2, 0.25) is 0 Å². The van der Waals surface area contributed by atoms with Crippen molar-refractivity contribution in [3.05, 3.63) is 52.3 Å². The maximum atomic E-state index is 12.7. The second-order valence-electron chi connectivity index (χ2n) is 7.63. The van der Waals surface area contributed by atoms with Crippen LogP contribution >= 0.6 is 0 Å². The van der Waals surface area contributed by atoms with E-state index < -0.39 is 11.3 Å². The smallest absolute Gasteiger partial charge is 0.312 e. The van der Waals surface area contributed by atoms with Crippen LogP contribution in [0.1, 0.15) is 47.8 Å². The Balaban J connectivity index is 2.77. The highest BCUT2D eigenvalue weighted by Gasteiger charge is 2.42. The van der Waals surface area contributed by atoms with Crippen LogP contribution in [0, 0.1) is 19.3 Å². The summed E-state index contributed by atoms with van der Waals surface area (Å²) in [7, 11) is 3.09. The van der Waals surface area contributed by atoms with Crippen molar-refractivity contribution in [1.82, 2.24) is 4.98 Å². The molecule has 0 radical (unpaired) electrons. The third-order valence-electron chi connectivity index (χ3n) is 5.33. The minimum Gasteiger partial charge on any atom is -0.469 e. The molecule has 0 saturated heterocycles. The van der Waals surface area contributed by atoms with Gasteiger partial charge in [0.1, 0.15) is 0 Å². The van der Waals surface area contributed by atoms with Gasteiger partial charge in [0.25, 0.3) is 0 Å². The van der Waals surface area contributed by atoms with E-state index in [9.17, 15) is 9.90 Å². The van der Waals surface area contributed by atoms with Crippen LogP contribution in [0.15, 0.2) is 24.3 Å². The topological polar surface area (TPSA) is 115 Å². The number of pyridine rings is 1. The molecule has 0 aliphatic carbocycles. The standard InChI is InChI=1S/C21H30N4O3/c1-12-7-9-15(24-16(12)11-26)18(21(3,4)20(27)28-6)14-8-10-17(25(5)23)19(22)13(14)2/h7-10,18,26H,11,22-23H2,1-6H3. The lowest BCUT2D eigenvalue weighted by Crippen LogP contribution is -2.34. The SMILES string of the molecule is COC(=O)C(C)(C)C(c1ccc(C)c(CO)n1)c1ccc(N(C)N)c(N)c1C. The first kappa shape index (κ1) is 21.7. The number of hydrazine groups is 1. The van der Waals surface area contributed by atoms with Gasteiger partial charge in [-0.05, 0) is 56.5 Å². The second kappa shape index (κ2) is 8.16. The molecule has 152 valence electrons. The van der Waals surface area contributed by atoms with Crippen molar-refractivity contribution in [2.24, 2.45) is 11.3 Å². The number of aryl methyl sites for hydroxylation is 1. The third-order valence-corrected chi connectivity index (χ3v) is 5.33. The van der Waals surface area contributed by atoms with Gasteiger partial charge in [-0.15, -0.1) is 0 Å². The average molecular weight is 386 g/mol. The molecule has 2 rings (SSSR count). The van der Waals surface area contributed by atoms with Crippen molar-refractivity contribution in [3.63, 3.8) is 0 Å². The lowest BCUT2D eigenvalue weighted by Gasteiger charge is -2.34. The zero-order valence-electron chi connectivity index (χ0n) is 17.4. The summed E-state index contributed by atoms with van der Waals surface area (Å²) < 4.78 is 5.08. The highest BCUT2D eigenvalue weighted by Crippen LogP contribution is 2.44. The predicted octanol–water partition coefficient (Wildman–Crippen LogP) is 2.41. The summed E-state index contributed by atoms with van der Waals surface area (Å²) in [5.74, 6) is 5.09. The van der Waals surface area contributed by atoms with Crippen molar-refractivity contribution >= 4 is 17.3 Å². The van der Waals surface area contributed by atoms with E-state index in [0.29, 0.717) is 22.8 Å². The number of esters is 1. The molecule has 7 heteroatoms. The van der Waals surface area contributed by atoms with Crippen LogP contribution in [-0.2, 0) is 16.1 Å². The van der Waals surface area contributed by atoms with Gasteiger partial charge in [-0.25, -0.2) is 5.84 Å². The van der Waals surface area contributed by atoms with Gasteiger partial charge in [0.05, 0.1) is 36.2 Å². The Morgan fingerprint density at radius 3 is 2.46 bits per heavy atom. The summed E-state index contributed by atoms with van der Waals surface area (Å²) in [6.45, 7) is 7.25. The summed E-state index contributed by atoms with van der Waals surface area (Å²) in [5.41, 5.74) is 10.5. The fourth-order valence-corrected chi connectivity index (χ4v) is 3.56. The van der Waals surface area contributed by atoms with Gasteiger partial charge in [0, 0.05) is 18.7 Å². The highest BCUT2D eigenvalue weighted by molar-refractivity contribution is 5.79. The number of aromatic nitrogens is 1. The Morgan fingerprint density at radius 2 is 1.93 bits per heavy atom. The largest absolute Gasteiger partial charge is 0.469 e. The van der Waals surface area contributed by atoms with Crippen molar-refractivity contribution in [3.8, 4) is 0 Å². The van der Waals surface area contributed by atoms with E-state index in [4.69, 9.17) is 16.3 Å². The highest BCUT2D eigenvalue weighted by atomic mass is 16.5. The molecule has 28 heavy (non-hydrogen) atoms. The van der Waals surface area contributed by atoms with Crippen molar-refractivity contribution in [2.75, 3.05) is 24.9 Å². The zero-order chi connectivity index (χ0) is 21.2. The van der Waals surface area contributed by atoms with E-state index in [2.05, 4.69) is 4.98 Å². The summed E-state index contributed by atoms with van der Waals surface area (Å²) in [6.07, 6.45) is 0. The molecule has 1 atom stereocenters. The molecule has 5 N–H and O–H groups in total. The number of methoxy groups -OCH3 is 1. The predicted molar refractivity (Wildman–Crippen MR) is 111 cm³/mol. The van der Waals surface area contributed by atoms with Crippen LogP contribution in [0.25, 0.3) is 0 Å². The molecular weight excluding hydrogens is 356 g/mol. The number of hydrogen-bond acceptors (Lipinski definition) is 7. The minimum atomic E-state index is -0.920. The van der Waals surface area contributed by atoms with Gasteiger partial charge in [-0.1, -0.05) is 12.1 Å². The number of rotatable bonds is 6. The molecule has 0 bridgehead atoms. The van der Waals surface area contributed by atoms with E-state index >= 15 is 0 Å². The van der Waals surface area contributed by atoms with Gasteiger partial charge < -0.3 is 20.6 Å². The number of anilines is 2. The first-order chi connectivity index (χ1) is 13.1. The van der Waals surface area contributed by atoms with Gasteiger partial charge in [-0.2, -0.15) is 0 Å². The Bertz CT molecular complexity index is 878. The fraction of sp³-hybridized carbons (Fsp3) is 0.429.